The second kappa shape index (κ2) is 7.30. The van der Waals surface area contributed by atoms with Crippen molar-refractivity contribution >= 4 is 45.3 Å². The van der Waals surface area contributed by atoms with Crippen LogP contribution in [-0.2, 0) is 0 Å². The van der Waals surface area contributed by atoms with Crippen LogP contribution in [0.1, 0.15) is 15.9 Å². The molecule has 2 aromatic carbocycles. The van der Waals surface area contributed by atoms with Gasteiger partial charge in [-0.2, -0.15) is 5.10 Å². The van der Waals surface area contributed by atoms with Crippen LogP contribution in [0.4, 0.5) is 10.1 Å². The van der Waals surface area contributed by atoms with Gasteiger partial charge in [0.25, 0.3) is 11.6 Å². The van der Waals surface area contributed by atoms with Gasteiger partial charge in [-0.25, -0.2) is 9.82 Å². The molecule has 0 fully saturated rings. The summed E-state index contributed by atoms with van der Waals surface area (Å²) in [5.41, 5.74) is 2.14. The summed E-state index contributed by atoms with van der Waals surface area (Å²) in [4.78, 5) is 21.9. The maximum Gasteiger partial charge on any atom is 0.272 e. The van der Waals surface area contributed by atoms with Crippen LogP contribution in [0.25, 0.3) is 0 Å². The largest absolute Gasteiger partial charge is 0.272 e. The zero-order chi connectivity index (χ0) is 17.0. The highest BCUT2D eigenvalue weighted by Crippen LogP contribution is 2.22. The average Bonchev–Trinajstić information content (AvgIpc) is 2.50. The lowest BCUT2D eigenvalue weighted by molar-refractivity contribution is -0.384. The smallest absolute Gasteiger partial charge is 0.267 e. The molecule has 0 atom stereocenters. The number of hydrogen-bond acceptors (Lipinski definition) is 4. The molecule has 0 aromatic heterocycles. The predicted octanol–water partition coefficient (Wildman–Crippen LogP) is 3.91. The number of halogens is 3. The van der Waals surface area contributed by atoms with E-state index in [1.165, 1.54) is 24.3 Å². The first-order valence-electron chi connectivity index (χ1n) is 6.11. The number of hydrazone groups is 1. The Morgan fingerprint density at radius 3 is 2.74 bits per heavy atom. The Labute approximate surface area is 143 Å². The second-order valence-corrected chi connectivity index (χ2v) is 5.61. The lowest BCUT2D eigenvalue weighted by atomic mass is 10.2. The van der Waals surface area contributed by atoms with E-state index in [0.717, 1.165) is 18.3 Å². The van der Waals surface area contributed by atoms with Gasteiger partial charge in [0.1, 0.15) is 5.82 Å². The fraction of sp³-hybridized carbons (Fsp3) is 0. The Morgan fingerprint density at radius 2 is 2.09 bits per heavy atom. The van der Waals surface area contributed by atoms with Gasteiger partial charge in [-0.3, -0.25) is 14.9 Å². The Bertz CT molecular complexity index is 814. The van der Waals surface area contributed by atoms with Crippen LogP contribution in [0.15, 0.2) is 46.0 Å². The first-order chi connectivity index (χ1) is 10.9. The summed E-state index contributed by atoms with van der Waals surface area (Å²) in [7, 11) is 0. The number of nitro benzene ring substituents is 1. The lowest BCUT2D eigenvalue weighted by Gasteiger charge is -2.03. The van der Waals surface area contributed by atoms with Gasteiger partial charge in [0.05, 0.1) is 21.7 Å². The number of nitro groups is 1. The zero-order valence-electron chi connectivity index (χ0n) is 11.3. The molecule has 0 bridgehead atoms. The van der Waals surface area contributed by atoms with Gasteiger partial charge >= 0.3 is 0 Å². The van der Waals surface area contributed by atoms with Gasteiger partial charge in [0.15, 0.2) is 0 Å². The van der Waals surface area contributed by atoms with E-state index >= 15 is 0 Å². The predicted molar refractivity (Wildman–Crippen MR) is 87.3 cm³/mol. The van der Waals surface area contributed by atoms with Crippen LogP contribution in [0.2, 0.25) is 5.02 Å². The van der Waals surface area contributed by atoms with E-state index in [4.69, 9.17) is 11.6 Å². The molecule has 0 radical (unpaired) electrons. The third-order valence-corrected chi connectivity index (χ3v) is 3.54. The summed E-state index contributed by atoms with van der Waals surface area (Å²) >= 11 is 9.02. The molecule has 0 saturated carbocycles. The highest BCUT2D eigenvalue weighted by molar-refractivity contribution is 9.10. The first kappa shape index (κ1) is 17.0. The Balaban J connectivity index is 2.12. The molecular formula is C14H8BrClFN3O3. The third kappa shape index (κ3) is 4.33. The summed E-state index contributed by atoms with van der Waals surface area (Å²) in [5, 5.41) is 14.2. The number of amides is 1. The van der Waals surface area contributed by atoms with E-state index in [-0.39, 0.29) is 21.8 Å². The topological polar surface area (TPSA) is 84.6 Å². The minimum Gasteiger partial charge on any atom is -0.267 e. The molecule has 0 unspecified atom stereocenters. The van der Waals surface area contributed by atoms with Gasteiger partial charge in [0.2, 0.25) is 0 Å². The van der Waals surface area contributed by atoms with Crippen molar-refractivity contribution < 1.29 is 14.1 Å². The quantitative estimate of drug-likeness (QED) is 0.480. The van der Waals surface area contributed by atoms with Crippen molar-refractivity contribution in [3.8, 4) is 0 Å². The van der Waals surface area contributed by atoms with Crippen LogP contribution in [0.3, 0.4) is 0 Å². The molecule has 2 rings (SSSR count). The molecule has 0 heterocycles. The third-order valence-electron chi connectivity index (χ3n) is 2.74. The van der Waals surface area contributed by atoms with E-state index in [1.807, 2.05) is 0 Å². The zero-order valence-corrected chi connectivity index (χ0v) is 13.6. The molecule has 0 saturated heterocycles. The number of carbonyl (C=O) groups is 1. The van der Waals surface area contributed by atoms with Crippen LogP contribution in [0.5, 0.6) is 0 Å². The SMILES string of the molecule is O=C(N/N=C\c1cc(Br)ccc1F)c1ccc([N+](=O)[O-])cc1Cl. The molecule has 9 heteroatoms. The van der Waals surface area contributed by atoms with Gasteiger partial charge in [-0.15, -0.1) is 0 Å². The molecule has 23 heavy (non-hydrogen) atoms. The summed E-state index contributed by atoms with van der Waals surface area (Å²) in [5.74, 6) is -1.17. The maximum atomic E-state index is 13.5. The molecule has 0 aliphatic heterocycles. The van der Waals surface area contributed by atoms with Crippen molar-refractivity contribution in [2.24, 2.45) is 5.10 Å². The fourth-order valence-electron chi connectivity index (χ4n) is 1.64. The average molecular weight is 401 g/mol. The molecule has 0 spiro atoms. The molecular weight excluding hydrogens is 393 g/mol. The standard InChI is InChI=1S/C14H8BrClFN3O3/c15-9-1-4-13(17)8(5-9)7-18-19-14(21)11-3-2-10(20(22)23)6-12(11)16/h1-7H,(H,19,21)/b18-7-. The highest BCUT2D eigenvalue weighted by atomic mass is 79.9. The van der Waals surface area contributed by atoms with E-state index in [0.29, 0.717) is 4.47 Å². The number of carbonyl (C=O) groups excluding carboxylic acids is 1. The first-order valence-corrected chi connectivity index (χ1v) is 7.28. The Kier molecular flexibility index (Phi) is 5.41. The van der Waals surface area contributed by atoms with Crippen LogP contribution >= 0.6 is 27.5 Å². The van der Waals surface area contributed by atoms with Crippen molar-refractivity contribution in [3.05, 3.63) is 73.0 Å². The molecule has 6 nitrogen and oxygen atoms in total. The molecule has 118 valence electrons. The van der Waals surface area contributed by atoms with Crippen molar-refractivity contribution in [3.63, 3.8) is 0 Å². The van der Waals surface area contributed by atoms with Crippen LogP contribution in [-0.4, -0.2) is 17.0 Å². The van der Waals surface area contributed by atoms with Crippen molar-refractivity contribution in [1.82, 2.24) is 5.43 Å². The molecule has 2 aromatic rings. The summed E-state index contributed by atoms with van der Waals surface area (Å²) in [6.07, 6.45) is 1.14. The molecule has 0 aliphatic carbocycles. The van der Waals surface area contributed by atoms with E-state index in [9.17, 15) is 19.3 Å². The van der Waals surface area contributed by atoms with Gasteiger partial charge in [-0.05, 0) is 24.3 Å². The summed E-state index contributed by atoms with van der Waals surface area (Å²) < 4.78 is 14.1. The molecule has 1 amide bonds. The monoisotopic (exact) mass is 399 g/mol. The van der Waals surface area contributed by atoms with Gasteiger partial charge in [-0.1, -0.05) is 27.5 Å². The van der Waals surface area contributed by atoms with Crippen molar-refractivity contribution in [2.75, 3.05) is 0 Å². The maximum absolute atomic E-state index is 13.5. The molecule has 1 N–H and O–H groups in total. The number of nitrogens with zero attached hydrogens (tertiary/aromatic N) is 2. The minimum absolute atomic E-state index is 0.0177. The lowest BCUT2D eigenvalue weighted by Crippen LogP contribution is -2.18. The highest BCUT2D eigenvalue weighted by Gasteiger charge is 2.14. The van der Waals surface area contributed by atoms with E-state index < -0.39 is 16.6 Å². The van der Waals surface area contributed by atoms with E-state index in [2.05, 4.69) is 26.5 Å². The number of non-ortho nitro benzene ring substituents is 1. The van der Waals surface area contributed by atoms with E-state index in [1.54, 1.807) is 0 Å². The number of rotatable bonds is 4. The normalized spacial score (nSPS) is 10.7. The number of hydrogen-bond donors (Lipinski definition) is 1. The Morgan fingerprint density at radius 1 is 1.35 bits per heavy atom. The van der Waals surface area contributed by atoms with Gasteiger partial charge < -0.3 is 0 Å². The Hall–Kier alpha value is -2.32. The summed E-state index contributed by atoms with van der Waals surface area (Å²) in [6, 6.07) is 7.70. The molecule has 0 aliphatic rings. The second-order valence-electron chi connectivity index (χ2n) is 4.29. The van der Waals surface area contributed by atoms with Crippen LogP contribution in [0, 0.1) is 15.9 Å². The number of nitrogens with one attached hydrogen (secondary N) is 1. The van der Waals surface area contributed by atoms with Crippen LogP contribution < -0.4 is 5.43 Å². The van der Waals surface area contributed by atoms with Gasteiger partial charge in [0, 0.05) is 22.2 Å². The fourth-order valence-corrected chi connectivity index (χ4v) is 2.28. The van der Waals surface area contributed by atoms with Crippen molar-refractivity contribution in [2.45, 2.75) is 0 Å². The van der Waals surface area contributed by atoms with Crippen molar-refractivity contribution in [1.29, 1.82) is 0 Å². The number of benzene rings is 2. The minimum atomic E-state index is -0.670. The summed E-state index contributed by atoms with van der Waals surface area (Å²) in [6.45, 7) is 0.